The maximum Gasteiger partial charge on any atom is 0.243 e. The molecule has 29 heavy (non-hydrogen) atoms. The predicted molar refractivity (Wildman–Crippen MR) is 117 cm³/mol. The molecule has 0 radical (unpaired) electrons. The summed E-state index contributed by atoms with van der Waals surface area (Å²) >= 11 is 6.06. The lowest BCUT2D eigenvalue weighted by Crippen LogP contribution is -2.48. The van der Waals surface area contributed by atoms with Gasteiger partial charge in [0, 0.05) is 11.6 Å². The Hall–Kier alpha value is -1.51. The number of ether oxygens (including phenoxy) is 1. The molecule has 0 bridgehead atoms. The molecule has 1 heterocycles. The molecule has 1 saturated heterocycles. The summed E-state index contributed by atoms with van der Waals surface area (Å²) in [4.78, 5) is 15.1. The van der Waals surface area contributed by atoms with Crippen molar-refractivity contribution in [1.82, 2.24) is 10.2 Å². The lowest BCUT2D eigenvalue weighted by Gasteiger charge is -2.29. The van der Waals surface area contributed by atoms with Crippen molar-refractivity contribution < 1.29 is 17.9 Å². The highest BCUT2D eigenvalue weighted by Gasteiger charge is 2.31. The highest BCUT2D eigenvalue weighted by Crippen LogP contribution is 2.34. The van der Waals surface area contributed by atoms with E-state index in [0.717, 1.165) is 36.6 Å². The second-order valence-electron chi connectivity index (χ2n) is 7.45. The van der Waals surface area contributed by atoms with Crippen LogP contribution in [-0.2, 0) is 14.8 Å². The number of methoxy groups -OCH3 is 1. The largest absolute Gasteiger partial charge is 0.495 e. The Labute approximate surface area is 179 Å². The zero-order valence-corrected chi connectivity index (χ0v) is 19.1. The number of sulfonamides is 1. The fraction of sp³-hybridized carbons (Fsp3) is 0.650. The molecule has 1 N–H and O–H groups in total. The van der Waals surface area contributed by atoms with Gasteiger partial charge in [0.2, 0.25) is 15.9 Å². The number of rotatable bonds is 9. The Bertz CT molecular complexity index is 780. The summed E-state index contributed by atoms with van der Waals surface area (Å²) in [6.45, 7) is 5.23. The van der Waals surface area contributed by atoms with Crippen molar-refractivity contribution in [3.05, 3.63) is 23.2 Å². The van der Waals surface area contributed by atoms with Crippen molar-refractivity contribution in [3.63, 3.8) is 0 Å². The quantitative estimate of drug-likeness (QED) is 0.591. The van der Waals surface area contributed by atoms with Gasteiger partial charge < -0.3 is 15.0 Å². The average molecular weight is 446 g/mol. The third-order valence-electron chi connectivity index (χ3n) is 5.12. The molecule has 0 unspecified atom stereocenters. The molecule has 1 aromatic rings. The van der Waals surface area contributed by atoms with Crippen LogP contribution in [0, 0.1) is 0 Å². The first-order valence-corrected chi connectivity index (χ1v) is 12.3. The van der Waals surface area contributed by atoms with Crippen LogP contribution in [0.5, 0.6) is 5.75 Å². The van der Waals surface area contributed by atoms with Crippen molar-refractivity contribution in [2.75, 3.05) is 43.8 Å². The third kappa shape index (κ3) is 7.04. The van der Waals surface area contributed by atoms with E-state index in [1.165, 1.54) is 38.9 Å². The van der Waals surface area contributed by atoms with Gasteiger partial charge in [-0.15, -0.1) is 0 Å². The summed E-state index contributed by atoms with van der Waals surface area (Å²) in [5.74, 6) is -0.0195. The highest BCUT2D eigenvalue weighted by molar-refractivity contribution is 7.92. The number of nitrogens with one attached hydrogen (secondary N) is 1. The second kappa shape index (κ2) is 11.0. The summed E-state index contributed by atoms with van der Waals surface area (Å²) in [6.07, 6.45) is 6.94. The van der Waals surface area contributed by atoms with E-state index in [-0.39, 0.29) is 11.6 Å². The van der Waals surface area contributed by atoms with Gasteiger partial charge in [-0.25, -0.2) is 8.42 Å². The number of halogens is 1. The van der Waals surface area contributed by atoms with E-state index in [4.69, 9.17) is 16.3 Å². The molecule has 1 aromatic carbocycles. The van der Waals surface area contributed by atoms with Crippen molar-refractivity contribution in [2.24, 2.45) is 0 Å². The number of hydrogen-bond acceptors (Lipinski definition) is 5. The summed E-state index contributed by atoms with van der Waals surface area (Å²) in [6, 6.07) is 3.75. The lowest BCUT2D eigenvalue weighted by molar-refractivity contribution is -0.121. The molecule has 2 rings (SSSR count). The van der Waals surface area contributed by atoms with Gasteiger partial charge in [-0.3, -0.25) is 9.10 Å². The fourth-order valence-corrected chi connectivity index (χ4v) is 4.97. The van der Waals surface area contributed by atoms with Crippen LogP contribution in [0.2, 0.25) is 5.02 Å². The van der Waals surface area contributed by atoms with Crippen LogP contribution in [0.3, 0.4) is 0 Å². The molecule has 1 aliphatic heterocycles. The molecule has 9 heteroatoms. The van der Waals surface area contributed by atoms with E-state index in [1.807, 2.05) is 0 Å². The highest BCUT2D eigenvalue weighted by atomic mass is 35.5. The van der Waals surface area contributed by atoms with Crippen LogP contribution in [0.15, 0.2) is 18.2 Å². The molecule has 164 valence electrons. The SMILES string of the molecule is COc1ccc(Cl)cc1N([C@H](C)C(=O)NCCCN1CCCCCC1)S(C)(=O)=O. The van der Waals surface area contributed by atoms with Crippen LogP contribution >= 0.6 is 11.6 Å². The van der Waals surface area contributed by atoms with Gasteiger partial charge in [0.05, 0.1) is 19.1 Å². The normalized spacial score (nSPS) is 16.7. The number of amides is 1. The first kappa shape index (κ1) is 23.8. The summed E-state index contributed by atoms with van der Waals surface area (Å²) in [5.41, 5.74) is 0.245. The number of nitrogens with zero attached hydrogens (tertiary/aromatic N) is 2. The van der Waals surface area contributed by atoms with E-state index in [1.54, 1.807) is 19.1 Å². The van der Waals surface area contributed by atoms with Gasteiger partial charge in [-0.2, -0.15) is 0 Å². The Morgan fingerprint density at radius 2 is 1.93 bits per heavy atom. The molecule has 1 atom stereocenters. The third-order valence-corrected chi connectivity index (χ3v) is 6.58. The van der Waals surface area contributed by atoms with Gasteiger partial charge in [0.15, 0.2) is 0 Å². The lowest BCUT2D eigenvalue weighted by atomic mass is 10.2. The number of carbonyl (C=O) groups is 1. The number of benzene rings is 1. The molecule has 7 nitrogen and oxygen atoms in total. The molecule has 1 aliphatic rings. The Kier molecular flexibility index (Phi) is 9.04. The Morgan fingerprint density at radius 3 is 2.52 bits per heavy atom. The maximum atomic E-state index is 12.7. The topological polar surface area (TPSA) is 79.0 Å². The standard InChI is InChI=1S/C20H32ClN3O4S/c1-16(20(25)22-11-8-14-23-12-6-4-5-7-13-23)24(29(3,26)27)18-15-17(21)9-10-19(18)28-2/h9-10,15-16H,4-8,11-14H2,1-3H3,(H,22,25)/t16-/m1/s1. The fourth-order valence-electron chi connectivity index (χ4n) is 3.64. The number of carbonyl (C=O) groups excluding carboxylic acids is 1. The van der Waals surface area contributed by atoms with Crippen LogP contribution in [0.25, 0.3) is 0 Å². The molecular weight excluding hydrogens is 414 g/mol. The first-order chi connectivity index (χ1) is 13.7. The van der Waals surface area contributed by atoms with E-state index >= 15 is 0 Å². The second-order valence-corrected chi connectivity index (χ2v) is 9.75. The average Bonchev–Trinajstić information content (AvgIpc) is 2.93. The smallest absolute Gasteiger partial charge is 0.243 e. The number of hydrogen-bond donors (Lipinski definition) is 1. The van der Waals surface area contributed by atoms with Gasteiger partial charge >= 0.3 is 0 Å². The zero-order chi connectivity index (χ0) is 21.4. The molecule has 0 spiro atoms. The molecule has 1 amide bonds. The molecule has 1 fully saturated rings. The van der Waals surface area contributed by atoms with Crippen LogP contribution in [-0.4, -0.2) is 64.8 Å². The first-order valence-electron chi connectivity index (χ1n) is 10.1. The maximum absolute atomic E-state index is 12.7. The Balaban J connectivity index is 2.01. The van der Waals surface area contributed by atoms with Crippen LogP contribution in [0.1, 0.15) is 39.0 Å². The minimum atomic E-state index is -3.74. The van der Waals surface area contributed by atoms with Gasteiger partial charge in [0.25, 0.3) is 0 Å². The molecule has 0 aromatic heterocycles. The summed E-state index contributed by atoms with van der Waals surface area (Å²) in [7, 11) is -2.29. The number of anilines is 1. The minimum Gasteiger partial charge on any atom is -0.495 e. The van der Waals surface area contributed by atoms with Crippen molar-refractivity contribution in [1.29, 1.82) is 0 Å². The van der Waals surface area contributed by atoms with Gasteiger partial charge in [0.1, 0.15) is 11.8 Å². The van der Waals surface area contributed by atoms with E-state index in [0.29, 0.717) is 17.3 Å². The molecule has 0 aliphatic carbocycles. The van der Waals surface area contributed by atoms with E-state index in [2.05, 4.69) is 10.2 Å². The van der Waals surface area contributed by atoms with E-state index in [9.17, 15) is 13.2 Å². The minimum absolute atomic E-state index is 0.245. The van der Waals surface area contributed by atoms with Crippen molar-refractivity contribution in [2.45, 2.75) is 45.1 Å². The zero-order valence-electron chi connectivity index (χ0n) is 17.5. The monoisotopic (exact) mass is 445 g/mol. The number of likely N-dealkylation sites (tertiary alicyclic amines) is 1. The predicted octanol–water partition coefficient (Wildman–Crippen LogP) is 2.89. The van der Waals surface area contributed by atoms with E-state index < -0.39 is 16.1 Å². The van der Waals surface area contributed by atoms with Crippen LogP contribution < -0.4 is 14.4 Å². The Morgan fingerprint density at radius 1 is 1.28 bits per heavy atom. The molecule has 0 saturated carbocycles. The van der Waals surface area contributed by atoms with Gasteiger partial charge in [-0.1, -0.05) is 24.4 Å². The van der Waals surface area contributed by atoms with Crippen molar-refractivity contribution >= 4 is 33.2 Å². The van der Waals surface area contributed by atoms with Crippen LogP contribution in [0.4, 0.5) is 5.69 Å². The summed E-state index contributed by atoms with van der Waals surface area (Å²) < 4.78 is 31.3. The molecular formula is C20H32ClN3O4S. The van der Waals surface area contributed by atoms with Gasteiger partial charge in [-0.05, 0) is 64.0 Å². The van der Waals surface area contributed by atoms with Crippen molar-refractivity contribution in [3.8, 4) is 5.75 Å². The summed E-state index contributed by atoms with van der Waals surface area (Å²) in [5, 5.41) is 3.23.